The van der Waals surface area contributed by atoms with Crippen molar-refractivity contribution in [2.24, 2.45) is 0 Å². The zero-order valence-corrected chi connectivity index (χ0v) is 23.1. The lowest BCUT2D eigenvalue weighted by molar-refractivity contribution is 0.101. The number of nitrogens with zero attached hydrogens (tertiary/aromatic N) is 1. The van der Waals surface area contributed by atoms with Gasteiger partial charge in [-0.25, -0.2) is 0 Å². The average Bonchev–Trinajstić information content (AvgIpc) is 2.80. The monoisotopic (exact) mass is 567 g/mol. The minimum atomic E-state index is -4.02. The molecule has 0 spiro atoms. The van der Waals surface area contributed by atoms with Crippen LogP contribution in [0.1, 0.15) is 43.2 Å². The molecule has 0 radical (unpaired) electrons. The predicted octanol–water partition coefficient (Wildman–Crippen LogP) is 3.51. The largest absolute Gasteiger partial charge is 0.395 e. The van der Waals surface area contributed by atoms with Crippen molar-refractivity contribution in [3.05, 3.63) is 59.7 Å². The molecule has 36 heavy (non-hydrogen) atoms. The van der Waals surface area contributed by atoms with Crippen molar-refractivity contribution in [3.63, 3.8) is 0 Å². The van der Waals surface area contributed by atoms with Crippen molar-refractivity contribution in [2.45, 2.75) is 61.8 Å². The van der Waals surface area contributed by atoms with Gasteiger partial charge in [0.15, 0.2) is 0 Å². The first-order valence-electron chi connectivity index (χ1n) is 11.4. The molecule has 2 aromatic rings. The van der Waals surface area contributed by atoms with Crippen molar-refractivity contribution < 1.29 is 36.2 Å². The maximum atomic E-state index is 10.5. The fourth-order valence-electron chi connectivity index (χ4n) is 3.60. The summed E-state index contributed by atoms with van der Waals surface area (Å²) < 4.78 is 59.1. The molecule has 1 saturated carbocycles. The fraction of sp³-hybridized carbons (Fsp3) is 0.500. The first-order valence-corrected chi connectivity index (χ1v) is 14.3. The van der Waals surface area contributed by atoms with Crippen LogP contribution in [0.4, 0.5) is 0 Å². The summed E-state index contributed by atoms with van der Waals surface area (Å²) in [6, 6.07) is 12.6. The van der Waals surface area contributed by atoms with E-state index in [1.807, 2.05) is 13.8 Å². The highest BCUT2D eigenvalue weighted by Crippen LogP contribution is 2.22. The third-order valence-corrected chi connectivity index (χ3v) is 7.24. The summed E-state index contributed by atoms with van der Waals surface area (Å²) in [5.74, 6) is 0. The maximum Gasteiger partial charge on any atom is 0.294 e. The Morgan fingerprint density at radius 1 is 0.694 bits per heavy atom. The molecule has 3 rings (SSSR count). The van der Waals surface area contributed by atoms with Crippen LogP contribution in [-0.4, -0.2) is 73.4 Å². The number of hydrogen-bond donors (Lipinski definition) is 4. The summed E-state index contributed by atoms with van der Waals surface area (Å²) in [6.45, 7) is 5.52. The number of aliphatic hydroxyl groups excluding tert-OH is 2. The Morgan fingerprint density at radius 3 is 1.31 bits per heavy atom. The lowest BCUT2D eigenvalue weighted by Crippen LogP contribution is -2.40. The van der Waals surface area contributed by atoms with Crippen molar-refractivity contribution in [1.29, 1.82) is 0 Å². The molecule has 0 heterocycles. The Labute approximate surface area is 221 Å². The molecule has 1 fully saturated rings. The van der Waals surface area contributed by atoms with Crippen LogP contribution in [-0.2, 0) is 20.2 Å². The molecular formula is C24H38ClNO8S2. The summed E-state index contributed by atoms with van der Waals surface area (Å²) in [5, 5.41) is 17.7. The molecule has 1 aliphatic carbocycles. The van der Waals surface area contributed by atoms with Gasteiger partial charge in [0, 0.05) is 19.1 Å². The van der Waals surface area contributed by atoms with Crippen LogP contribution in [0.15, 0.2) is 58.3 Å². The molecule has 0 unspecified atom stereocenters. The topological polar surface area (TPSA) is 152 Å². The van der Waals surface area contributed by atoms with Crippen molar-refractivity contribution in [1.82, 2.24) is 4.90 Å². The van der Waals surface area contributed by atoms with Gasteiger partial charge in [-0.15, -0.1) is 12.4 Å². The molecule has 2 aromatic carbocycles. The Hall–Kier alpha value is -1.57. The van der Waals surface area contributed by atoms with Gasteiger partial charge in [0.2, 0.25) is 0 Å². The van der Waals surface area contributed by atoms with E-state index in [4.69, 9.17) is 19.3 Å². The second kappa shape index (κ2) is 17.0. The van der Waals surface area contributed by atoms with Crippen LogP contribution in [0, 0.1) is 13.8 Å². The van der Waals surface area contributed by atoms with E-state index in [9.17, 15) is 16.8 Å². The number of aliphatic hydroxyl groups is 2. The van der Waals surface area contributed by atoms with E-state index in [0.717, 1.165) is 11.1 Å². The molecular weight excluding hydrogens is 530 g/mol. The third-order valence-electron chi connectivity index (χ3n) is 5.50. The minimum Gasteiger partial charge on any atom is -0.395 e. The number of hydrogen-bond acceptors (Lipinski definition) is 7. The van der Waals surface area contributed by atoms with Gasteiger partial charge >= 0.3 is 0 Å². The van der Waals surface area contributed by atoms with Crippen LogP contribution >= 0.6 is 12.4 Å². The SMILES string of the molecule is Cc1ccc(S(=O)(=O)O)cc1.Cc1ccc(S(=O)(=O)O)cc1.Cl.OCCN(CCO)C1CCCCC1. The van der Waals surface area contributed by atoms with Crippen LogP contribution in [0.5, 0.6) is 0 Å². The van der Waals surface area contributed by atoms with E-state index in [1.54, 1.807) is 24.3 Å². The fourth-order valence-corrected chi connectivity index (χ4v) is 4.56. The molecule has 206 valence electrons. The molecule has 0 aromatic heterocycles. The number of halogens is 1. The lowest BCUT2D eigenvalue weighted by atomic mass is 9.94. The van der Waals surface area contributed by atoms with Crippen LogP contribution in [0.2, 0.25) is 0 Å². The molecule has 0 aliphatic heterocycles. The summed E-state index contributed by atoms with van der Waals surface area (Å²) >= 11 is 0. The van der Waals surface area contributed by atoms with E-state index < -0.39 is 20.2 Å². The third kappa shape index (κ3) is 13.7. The summed E-state index contributed by atoms with van der Waals surface area (Å²) in [6.07, 6.45) is 6.43. The first kappa shape index (κ1) is 34.4. The van der Waals surface area contributed by atoms with Crippen molar-refractivity contribution in [3.8, 4) is 0 Å². The molecule has 0 amide bonds. The van der Waals surface area contributed by atoms with Gasteiger partial charge in [0.05, 0.1) is 23.0 Å². The smallest absolute Gasteiger partial charge is 0.294 e. The average molecular weight is 568 g/mol. The second-order valence-electron chi connectivity index (χ2n) is 8.35. The molecule has 0 atom stereocenters. The van der Waals surface area contributed by atoms with Gasteiger partial charge in [-0.1, -0.05) is 54.7 Å². The van der Waals surface area contributed by atoms with Crippen molar-refractivity contribution >= 4 is 32.6 Å². The van der Waals surface area contributed by atoms with E-state index in [2.05, 4.69) is 4.90 Å². The zero-order chi connectivity index (χ0) is 26.5. The molecule has 1 aliphatic rings. The van der Waals surface area contributed by atoms with E-state index in [1.165, 1.54) is 56.4 Å². The van der Waals surface area contributed by atoms with Crippen LogP contribution < -0.4 is 0 Å². The minimum absolute atomic E-state index is 0. The van der Waals surface area contributed by atoms with Crippen LogP contribution in [0.3, 0.4) is 0 Å². The normalized spacial score (nSPS) is 14.1. The lowest BCUT2D eigenvalue weighted by Gasteiger charge is -2.33. The standard InChI is InChI=1S/C10H21NO2.2C7H8O3S.ClH/c12-8-6-11(7-9-13)10-4-2-1-3-5-10;2*1-6-2-4-7(5-3-6)11(8,9)10;/h10,12-13H,1-9H2;2*2-5H,1H3,(H,8,9,10);1H. The van der Waals surface area contributed by atoms with Gasteiger partial charge in [-0.3, -0.25) is 14.0 Å². The Morgan fingerprint density at radius 2 is 1.03 bits per heavy atom. The molecule has 12 heteroatoms. The van der Waals surface area contributed by atoms with E-state index >= 15 is 0 Å². The summed E-state index contributed by atoms with van der Waals surface area (Å²) in [7, 11) is -8.04. The Bertz CT molecular complexity index is 991. The second-order valence-corrected chi connectivity index (χ2v) is 11.2. The highest BCUT2D eigenvalue weighted by atomic mass is 35.5. The quantitative estimate of drug-likeness (QED) is 0.368. The number of aryl methyl sites for hydroxylation is 2. The molecule has 0 bridgehead atoms. The molecule has 4 N–H and O–H groups in total. The highest BCUT2D eigenvalue weighted by Gasteiger charge is 2.19. The zero-order valence-electron chi connectivity index (χ0n) is 20.7. The summed E-state index contributed by atoms with van der Waals surface area (Å²) in [5.41, 5.74) is 1.91. The maximum absolute atomic E-state index is 10.5. The van der Waals surface area contributed by atoms with Gasteiger partial charge < -0.3 is 10.2 Å². The Balaban J connectivity index is 0.000000506. The molecule has 9 nitrogen and oxygen atoms in total. The highest BCUT2D eigenvalue weighted by molar-refractivity contribution is 7.86. The number of benzene rings is 2. The van der Waals surface area contributed by atoms with Gasteiger partial charge in [-0.2, -0.15) is 16.8 Å². The molecule has 0 saturated heterocycles. The summed E-state index contributed by atoms with van der Waals surface area (Å²) in [4.78, 5) is 2.09. The predicted molar refractivity (Wildman–Crippen MR) is 142 cm³/mol. The van der Waals surface area contributed by atoms with Crippen molar-refractivity contribution in [2.75, 3.05) is 26.3 Å². The van der Waals surface area contributed by atoms with Crippen LogP contribution in [0.25, 0.3) is 0 Å². The van der Waals surface area contributed by atoms with Gasteiger partial charge in [-0.05, 0) is 51.0 Å². The number of rotatable bonds is 7. The van der Waals surface area contributed by atoms with E-state index in [0.29, 0.717) is 19.1 Å². The van der Waals surface area contributed by atoms with Gasteiger partial charge in [0.1, 0.15) is 0 Å². The Kier molecular flexibility index (Phi) is 16.3. The van der Waals surface area contributed by atoms with E-state index in [-0.39, 0.29) is 35.4 Å². The van der Waals surface area contributed by atoms with Gasteiger partial charge in [0.25, 0.3) is 20.2 Å². The first-order chi connectivity index (χ1) is 16.4.